The van der Waals surface area contributed by atoms with Gasteiger partial charge in [0.15, 0.2) is 0 Å². The van der Waals surface area contributed by atoms with Crippen molar-refractivity contribution in [3.8, 4) is 0 Å². The second kappa shape index (κ2) is 10.2. The van der Waals surface area contributed by atoms with Gasteiger partial charge in [-0.1, -0.05) is 37.1 Å². The van der Waals surface area contributed by atoms with Gasteiger partial charge in [-0.05, 0) is 30.5 Å². The number of carbonyl (C=O) groups is 1. The average molecular weight is 412 g/mol. The molecule has 2 aromatic carbocycles. The summed E-state index contributed by atoms with van der Waals surface area (Å²) in [6.07, 6.45) is 4.38. The van der Waals surface area contributed by atoms with E-state index in [0.29, 0.717) is 17.8 Å². The monoisotopic (exact) mass is 411 g/mol. The number of amides is 1. The van der Waals surface area contributed by atoms with Crippen LogP contribution in [0.3, 0.4) is 0 Å². The number of benzene rings is 2. The van der Waals surface area contributed by atoms with Crippen LogP contribution in [0, 0.1) is 10.1 Å². The lowest BCUT2D eigenvalue weighted by atomic mass is 10.1. The van der Waals surface area contributed by atoms with Crippen LogP contribution in [0.25, 0.3) is 0 Å². The second-order valence-electron chi connectivity index (χ2n) is 8.20. The molecule has 0 atom stereocenters. The van der Waals surface area contributed by atoms with Crippen molar-refractivity contribution in [1.82, 2.24) is 5.32 Å². The van der Waals surface area contributed by atoms with Gasteiger partial charge >= 0.3 is 0 Å². The molecule has 160 valence electrons. The van der Waals surface area contributed by atoms with Crippen LogP contribution in [0.4, 0.5) is 11.4 Å². The molecule has 7 nitrogen and oxygen atoms in total. The van der Waals surface area contributed by atoms with Crippen molar-refractivity contribution in [2.75, 3.05) is 32.1 Å². The van der Waals surface area contributed by atoms with E-state index < -0.39 is 0 Å². The van der Waals surface area contributed by atoms with Gasteiger partial charge in [0, 0.05) is 36.8 Å². The summed E-state index contributed by atoms with van der Waals surface area (Å²) >= 11 is 0. The zero-order valence-corrected chi connectivity index (χ0v) is 17.8. The zero-order valence-electron chi connectivity index (χ0n) is 17.8. The van der Waals surface area contributed by atoms with E-state index in [-0.39, 0.29) is 16.5 Å². The molecular formula is C23H31N4O3+. The van der Waals surface area contributed by atoms with Crippen LogP contribution in [-0.4, -0.2) is 38.0 Å². The molecule has 2 N–H and O–H groups in total. The number of nitrogens with one attached hydrogen (secondary N) is 2. The van der Waals surface area contributed by atoms with E-state index in [1.165, 1.54) is 16.5 Å². The number of hydrogen-bond acceptors (Lipinski definition) is 4. The highest BCUT2D eigenvalue weighted by Crippen LogP contribution is 2.31. The Hall–Kier alpha value is -2.93. The fourth-order valence-corrected chi connectivity index (χ4v) is 3.95. The molecule has 7 heteroatoms. The number of hydrogen-bond donors (Lipinski definition) is 2. The smallest absolute Gasteiger partial charge is 0.293 e. The fourth-order valence-electron chi connectivity index (χ4n) is 3.95. The first kappa shape index (κ1) is 21.8. The predicted octanol–water partition coefficient (Wildman–Crippen LogP) is 2.55. The molecular weight excluding hydrogens is 380 g/mol. The summed E-state index contributed by atoms with van der Waals surface area (Å²) in [4.78, 5) is 27.4. The van der Waals surface area contributed by atoms with Gasteiger partial charge in [0.25, 0.3) is 11.6 Å². The lowest BCUT2D eigenvalue weighted by Crippen LogP contribution is -3.04. The Morgan fingerprint density at radius 1 is 1.07 bits per heavy atom. The van der Waals surface area contributed by atoms with Crippen molar-refractivity contribution < 1.29 is 14.6 Å². The normalized spacial score (nSPS) is 14.4. The number of carbonyl (C=O) groups excluding carboxylic acids is 1. The highest BCUT2D eigenvalue weighted by atomic mass is 16.6. The van der Waals surface area contributed by atoms with Crippen molar-refractivity contribution >= 4 is 17.3 Å². The number of quaternary nitrogens is 1. The first-order valence-electron chi connectivity index (χ1n) is 10.6. The van der Waals surface area contributed by atoms with Gasteiger partial charge in [-0.3, -0.25) is 14.9 Å². The molecule has 2 aromatic rings. The quantitative estimate of drug-likeness (QED) is 0.542. The van der Waals surface area contributed by atoms with Gasteiger partial charge in [0.2, 0.25) is 0 Å². The minimum Gasteiger partial charge on any atom is -0.366 e. The molecule has 0 saturated carbocycles. The van der Waals surface area contributed by atoms with Gasteiger partial charge < -0.3 is 15.1 Å². The van der Waals surface area contributed by atoms with Crippen LogP contribution in [0.2, 0.25) is 0 Å². The molecule has 1 aliphatic heterocycles. The second-order valence-corrected chi connectivity index (χ2v) is 8.20. The molecule has 1 amide bonds. The largest absolute Gasteiger partial charge is 0.366 e. The molecule has 0 aliphatic carbocycles. The Bertz CT molecular complexity index is 890. The van der Waals surface area contributed by atoms with Gasteiger partial charge in [-0.2, -0.15) is 0 Å². The molecule has 1 fully saturated rings. The predicted molar refractivity (Wildman–Crippen MR) is 118 cm³/mol. The Balaban J connectivity index is 1.75. The Morgan fingerprint density at radius 2 is 1.73 bits per heavy atom. The topological polar surface area (TPSA) is 79.9 Å². The van der Waals surface area contributed by atoms with Gasteiger partial charge in [-0.15, -0.1) is 0 Å². The molecule has 3 rings (SSSR count). The molecule has 1 aliphatic rings. The Morgan fingerprint density at radius 3 is 2.37 bits per heavy atom. The molecule has 0 spiro atoms. The van der Waals surface area contributed by atoms with E-state index in [1.54, 1.807) is 12.1 Å². The third-order valence-corrected chi connectivity index (χ3v) is 5.48. The standard InChI is InChI=1S/C23H30N4O3/c1-25(2)17-20-10-6-5-9-19(20)16-24-23(28)18-11-12-21(22(15-18)27(29)30)26-13-7-3-4-8-14-26/h5-6,9-12,15H,3-4,7-8,13-14,16-17H2,1-2H3,(H,24,28)/p+1. The first-order valence-corrected chi connectivity index (χ1v) is 10.6. The Kier molecular flexibility index (Phi) is 7.41. The summed E-state index contributed by atoms with van der Waals surface area (Å²) in [6.45, 7) is 2.89. The van der Waals surface area contributed by atoms with Crippen LogP contribution in [0.5, 0.6) is 0 Å². The number of nitro groups is 1. The third kappa shape index (κ3) is 5.57. The molecule has 0 aromatic heterocycles. The van der Waals surface area contributed by atoms with E-state index in [1.807, 2.05) is 18.2 Å². The van der Waals surface area contributed by atoms with E-state index in [4.69, 9.17) is 0 Å². The summed E-state index contributed by atoms with van der Waals surface area (Å²) in [5.74, 6) is -0.299. The summed E-state index contributed by atoms with van der Waals surface area (Å²) in [5, 5.41) is 14.6. The van der Waals surface area contributed by atoms with Crippen molar-refractivity contribution in [3.05, 3.63) is 69.3 Å². The average Bonchev–Trinajstić information content (AvgIpc) is 3.01. The maximum Gasteiger partial charge on any atom is 0.293 e. The van der Waals surface area contributed by atoms with Crippen LogP contribution in [0.1, 0.15) is 47.2 Å². The maximum atomic E-state index is 12.7. The van der Waals surface area contributed by atoms with Crippen molar-refractivity contribution in [2.45, 2.75) is 38.8 Å². The van der Waals surface area contributed by atoms with Gasteiger partial charge in [0.1, 0.15) is 12.2 Å². The molecule has 1 heterocycles. The molecule has 30 heavy (non-hydrogen) atoms. The van der Waals surface area contributed by atoms with Crippen molar-refractivity contribution in [3.63, 3.8) is 0 Å². The third-order valence-electron chi connectivity index (χ3n) is 5.48. The van der Waals surface area contributed by atoms with Crippen molar-refractivity contribution in [1.29, 1.82) is 0 Å². The van der Waals surface area contributed by atoms with Crippen molar-refractivity contribution in [2.24, 2.45) is 0 Å². The molecule has 0 unspecified atom stereocenters. The van der Waals surface area contributed by atoms with Crippen LogP contribution >= 0.6 is 0 Å². The van der Waals surface area contributed by atoms with Crippen LogP contribution < -0.4 is 15.1 Å². The lowest BCUT2D eigenvalue weighted by Gasteiger charge is -2.22. The molecule has 1 saturated heterocycles. The fraction of sp³-hybridized carbons (Fsp3) is 0.435. The van der Waals surface area contributed by atoms with Gasteiger partial charge in [-0.25, -0.2) is 0 Å². The first-order chi connectivity index (χ1) is 14.5. The minimum atomic E-state index is -0.383. The summed E-state index contributed by atoms with van der Waals surface area (Å²) in [7, 11) is 4.17. The summed E-state index contributed by atoms with van der Waals surface area (Å²) in [6, 6.07) is 12.8. The molecule has 0 bridgehead atoms. The van der Waals surface area contributed by atoms with Crippen LogP contribution in [-0.2, 0) is 13.1 Å². The lowest BCUT2D eigenvalue weighted by molar-refractivity contribution is -0.872. The number of nitro benzene ring substituents is 1. The SMILES string of the molecule is C[NH+](C)Cc1ccccc1CNC(=O)c1ccc(N2CCCCCC2)c([N+](=O)[O-])c1. The highest BCUT2D eigenvalue weighted by Gasteiger charge is 2.22. The van der Waals surface area contributed by atoms with E-state index in [2.05, 4.69) is 30.4 Å². The van der Waals surface area contributed by atoms with E-state index in [9.17, 15) is 14.9 Å². The maximum absolute atomic E-state index is 12.7. The summed E-state index contributed by atoms with van der Waals surface area (Å²) < 4.78 is 0. The van der Waals surface area contributed by atoms with E-state index in [0.717, 1.165) is 50.9 Å². The van der Waals surface area contributed by atoms with Crippen LogP contribution in [0.15, 0.2) is 42.5 Å². The summed E-state index contributed by atoms with van der Waals surface area (Å²) in [5.41, 5.74) is 3.16. The minimum absolute atomic E-state index is 0.00107. The van der Waals surface area contributed by atoms with Gasteiger partial charge in [0.05, 0.1) is 19.0 Å². The Labute approximate surface area is 177 Å². The number of anilines is 1. The molecule has 0 radical (unpaired) electrons. The number of rotatable bonds is 7. The highest BCUT2D eigenvalue weighted by molar-refractivity contribution is 5.95. The van der Waals surface area contributed by atoms with E-state index >= 15 is 0 Å². The number of nitrogens with zero attached hydrogens (tertiary/aromatic N) is 2. The zero-order chi connectivity index (χ0) is 21.5.